The van der Waals surface area contributed by atoms with Gasteiger partial charge in [0.25, 0.3) is 5.56 Å². The Hall–Kier alpha value is -4.14. The molecule has 3 heterocycles. The first-order chi connectivity index (χ1) is 17.1. The van der Waals surface area contributed by atoms with E-state index in [4.69, 9.17) is 45.4 Å². The first kappa shape index (κ1) is 23.6. The Labute approximate surface area is 214 Å². The number of nitrogens with one attached hydrogen (secondary N) is 1. The van der Waals surface area contributed by atoms with Crippen LogP contribution in [0.25, 0.3) is 16.6 Å². The van der Waals surface area contributed by atoms with Gasteiger partial charge >= 0.3 is 0 Å². The zero-order chi connectivity index (χ0) is 25.8. The monoisotopic (exact) mass is 522 g/mol. The van der Waals surface area contributed by atoms with Crippen molar-refractivity contribution < 1.29 is 0 Å². The van der Waals surface area contributed by atoms with Crippen molar-refractivity contribution in [3.8, 4) is 11.8 Å². The third-order valence-corrected chi connectivity index (χ3v) is 6.88. The molecule has 0 aliphatic heterocycles. The van der Waals surface area contributed by atoms with E-state index >= 15 is 0 Å². The van der Waals surface area contributed by atoms with Crippen LogP contribution in [-0.4, -0.2) is 31.0 Å². The van der Waals surface area contributed by atoms with Crippen LogP contribution in [0, 0.1) is 18.3 Å². The summed E-state index contributed by atoms with van der Waals surface area (Å²) in [5.74, 6) is 0.911. The lowest BCUT2D eigenvalue weighted by molar-refractivity contribution is 0.635. The number of nitrogens with two attached hydrogens (primary N) is 3. The van der Waals surface area contributed by atoms with Crippen LogP contribution in [-0.2, 0) is 5.41 Å². The average Bonchev–Trinajstić information content (AvgIpc) is 3.61. The molecule has 0 radical (unpaired) electrons. The van der Waals surface area contributed by atoms with Crippen molar-refractivity contribution in [2.24, 2.45) is 0 Å². The molecular formula is C23H20Cl2N10O. The van der Waals surface area contributed by atoms with Gasteiger partial charge in [-0.25, -0.2) is 9.97 Å². The Morgan fingerprint density at radius 2 is 1.89 bits per heavy atom. The number of pyridine rings is 1. The summed E-state index contributed by atoms with van der Waals surface area (Å²) in [6.45, 7) is 2.12. The Bertz CT molecular complexity index is 1660. The number of rotatable bonds is 5. The minimum absolute atomic E-state index is 0.0249. The van der Waals surface area contributed by atoms with E-state index in [2.05, 4.69) is 20.3 Å². The molecule has 13 heteroatoms. The molecule has 1 aliphatic rings. The number of nitrogen functional groups attached to an aromatic ring is 3. The molecule has 36 heavy (non-hydrogen) atoms. The van der Waals surface area contributed by atoms with Gasteiger partial charge in [-0.2, -0.15) is 15.2 Å². The van der Waals surface area contributed by atoms with Crippen molar-refractivity contribution in [1.29, 1.82) is 5.26 Å². The van der Waals surface area contributed by atoms with E-state index in [1.54, 1.807) is 18.2 Å². The zero-order valence-corrected chi connectivity index (χ0v) is 20.5. The van der Waals surface area contributed by atoms with Crippen LogP contribution in [0.2, 0.25) is 10.0 Å². The Morgan fingerprint density at radius 3 is 2.56 bits per heavy atom. The maximum Gasteiger partial charge on any atom is 0.267 e. The van der Waals surface area contributed by atoms with Gasteiger partial charge in [0.1, 0.15) is 29.1 Å². The molecule has 182 valence electrons. The lowest BCUT2D eigenvalue weighted by atomic mass is 10.0. The summed E-state index contributed by atoms with van der Waals surface area (Å²) < 4.78 is 1.51. The highest BCUT2D eigenvalue weighted by Gasteiger charge is 2.49. The first-order valence-corrected chi connectivity index (χ1v) is 11.6. The van der Waals surface area contributed by atoms with Gasteiger partial charge in [0.05, 0.1) is 32.8 Å². The molecule has 1 fully saturated rings. The van der Waals surface area contributed by atoms with Crippen molar-refractivity contribution >= 4 is 57.5 Å². The van der Waals surface area contributed by atoms with Crippen molar-refractivity contribution in [2.75, 3.05) is 29.1 Å². The molecule has 4 aromatic rings. The molecule has 7 N–H and O–H groups in total. The maximum atomic E-state index is 13.9. The molecule has 0 atom stereocenters. The third kappa shape index (κ3) is 3.80. The van der Waals surface area contributed by atoms with Crippen LogP contribution in [0.4, 0.5) is 23.4 Å². The van der Waals surface area contributed by atoms with Gasteiger partial charge in [0.15, 0.2) is 5.82 Å². The minimum atomic E-state index is -0.589. The molecule has 0 unspecified atom stereocenters. The van der Waals surface area contributed by atoms with Gasteiger partial charge < -0.3 is 22.5 Å². The number of hydrogen-bond donors (Lipinski definition) is 4. The zero-order valence-electron chi connectivity index (χ0n) is 19.0. The fourth-order valence-corrected chi connectivity index (χ4v) is 4.65. The summed E-state index contributed by atoms with van der Waals surface area (Å²) in [4.78, 5) is 30.9. The second-order valence-corrected chi connectivity index (χ2v) is 9.48. The number of aromatic nitrogens is 5. The summed E-state index contributed by atoms with van der Waals surface area (Å²) in [5, 5.41) is 13.4. The molecule has 0 amide bonds. The average molecular weight is 523 g/mol. The first-order valence-electron chi connectivity index (χ1n) is 10.9. The number of anilines is 4. The number of aryl methyl sites for hydroxylation is 1. The Kier molecular flexibility index (Phi) is 5.58. The number of benzene rings is 1. The number of halogens is 2. The minimum Gasteiger partial charge on any atom is -0.384 e. The normalized spacial score (nSPS) is 13.9. The van der Waals surface area contributed by atoms with Crippen molar-refractivity contribution in [3.63, 3.8) is 0 Å². The summed E-state index contributed by atoms with van der Waals surface area (Å²) in [5.41, 5.74) is 18.1. The fourth-order valence-electron chi connectivity index (χ4n) is 4.22. The predicted octanol–water partition coefficient (Wildman–Crippen LogP) is 2.95. The van der Waals surface area contributed by atoms with Crippen LogP contribution < -0.4 is 28.1 Å². The van der Waals surface area contributed by atoms with Crippen molar-refractivity contribution in [3.05, 3.63) is 61.7 Å². The summed E-state index contributed by atoms with van der Waals surface area (Å²) in [6.07, 6.45) is 2.94. The van der Waals surface area contributed by atoms with Crippen molar-refractivity contribution in [1.82, 2.24) is 24.5 Å². The summed E-state index contributed by atoms with van der Waals surface area (Å²) in [7, 11) is 0. The van der Waals surface area contributed by atoms with Gasteiger partial charge in [0.2, 0.25) is 5.95 Å². The molecule has 5 rings (SSSR count). The van der Waals surface area contributed by atoms with E-state index in [1.807, 2.05) is 13.0 Å². The number of nitriles is 1. The highest BCUT2D eigenvalue weighted by atomic mass is 35.5. The van der Waals surface area contributed by atoms with E-state index in [0.717, 1.165) is 5.56 Å². The molecule has 1 saturated carbocycles. The Morgan fingerprint density at radius 1 is 1.17 bits per heavy atom. The van der Waals surface area contributed by atoms with E-state index in [0.29, 0.717) is 40.7 Å². The molecule has 0 bridgehead atoms. The molecule has 1 aliphatic carbocycles. The molecule has 11 nitrogen and oxygen atoms in total. The number of hydrogen-bond acceptors (Lipinski definition) is 10. The van der Waals surface area contributed by atoms with Gasteiger partial charge in [-0.05, 0) is 43.5 Å². The fraction of sp³-hybridized carbons (Fsp3) is 0.217. The summed E-state index contributed by atoms with van der Waals surface area (Å²) >= 11 is 12.9. The molecule has 0 saturated heterocycles. The van der Waals surface area contributed by atoms with Crippen LogP contribution in [0.15, 0.2) is 29.2 Å². The SMILES string of the molecule is Cc1cc(N)ncc1-n1c(C2(CNc3nc(N)nc(N)c3C#N)CC2)nc2c(Cl)ccc(Cl)c2c1=O. The Balaban J connectivity index is 1.71. The van der Waals surface area contributed by atoms with Gasteiger partial charge in [-0.15, -0.1) is 0 Å². The standard InChI is InChI=1S/C23H20Cl2N10O/c1-10-6-15(27)30-8-14(10)35-20(36)16-12(24)2-3-13(25)17(16)32-21(35)23(4-5-23)9-31-19-11(7-26)18(28)33-22(29)34-19/h2-3,6,8H,4-5,9H2,1H3,(H2,27,30)(H5,28,29,31,33,34). The largest absolute Gasteiger partial charge is 0.384 e. The lowest BCUT2D eigenvalue weighted by Crippen LogP contribution is -2.33. The van der Waals surface area contributed by atoms with Gasteiger partial charge in [-0.3, -0.25) is 9.36 Å². The van der Waals surface area contributed by atoms with Crippen LogP contribution in [0.1, 0.15) is 29.8 Å². The highest BCUT2D eigenvalue weighted by Crippen LogP contribution is 2.48. The molecule has 0 spiro atoms. The maximum absolute atomic E-state index is 13.9. The smallest absolute Gasteiger partial charge is 0.267 e. The van der Waals surface area contributed by atoms with Crippen LogP contribution >= 0.6 is 23.2 Å². The third-order valence-electron chi connectivity index (χ3n) is 6.26. The van der Waals surface area contributed by atoms with E-state index in [9.17, 15) is 10.1 Å². The topological polar surface area (TPSA) is 187 Å². The van der Waals surface area contributed by atoms with E-state index in [-0.39, 0.29) is 45.7 Å². The predicted molar refractivity (Wildman–Crippen MR) is 139 cm³/mol. The highest BCUT2D eigenvalue weighted by molar-refractivity contribution is 6.39. The molecular weight excluding hydrogens is 503 g/mol. The van der Waals surface area contributed by atoms with Gasteiger partial charge in [-0.1, -0.05) is 23.2 Å². The quantitative estimate of drug-likeness (QED) is 0.303. The second-order valence-electron chi connectivity index (χ2n) is 8.66. The number of fused-ring (bicyclic) bond motifs is 1. The molecule has 3 aromatic heterocycles. The van der Waals surface area contributed by atoms with Gasteiger partial charge in [0, 0.05) is 12.0 Å². The lowest BCUT2D eigenvalue weighted by Gasteiger charge is -2.23. The van der Waals surface area contributed by atoms with E-state index in [1.165, 1.54) is 10.8 Å². The summed E-state index contributed by atoms with van der Waals surface area (Å²) in [6, 6.07) is 6.84. The molecule has 1 aromatic carbocycles. The number of nitrogens with zero attached hydrogens (tertiary/aromatic N) is 6. The second kappa shape index (κ2) is 8.51. The van der Waals surface area contributed by atoms with Crippen LogP contribution in [0.5, 0.6) is 0 Å². The van der Waals surface area contributed by atoms with E-state index < -0.39 is 5.41 Å². The van der Waals surface area contributed by atoms with Crippen molar-refractivity contribution in [2.45, 2.75) is 25.2 Å². The van der Waals surface area contributed by atoms with Crippen LogP contribution in [0.3, 0.4) is 0 Å².